The number of carbonyl (C=O) groups excluding carboxylic acids is 1. The van der Waals surface area contributed by atoms with Crippen LogP contribution in [-0.2, 0) is 6.54 Å². The molecular formula is C22H23N3O4. The van der Waals surface area contributed by atoms with Gasteiger partial charge in [-0.3, -0.25) is 9.59 Å². The molecule has 0 atom stereocenters. The Balaban J connectivity index is 1.71. The van der Waals surface area contributed by atoms with Crippen molar-refractivity contribution in [2.24, 2.45) is 5.92 Å². The van der Waals surface area contributed by atoms with Crippen LogP contribution in [0.5, 0.6) is 11.5 Å². The molecule has 1 N–H and O–H groups in total. The Morgan fingerprint density at radius 3 is 2.59 bits per heavy atom. The smallest absolute Gasteiger partial charge is 0.276 e. The van der Waals surface area contributed by atoms with Crippen LogP contribution in [0.15, 0.2) is 47.3 Å². The van der Waals surface area contributed by atoms with Crippen molar-refractivity contribution in [1.82, 2.24) is 9.78 Å². The first-order valence-electron chi connectivity index (χ1n) is 9.74. The van der Waals surface area contributed by atoms with Crippen LogP contribution in [0.2, 0.25) is 0 Å². The Labute approximate surface area is 168 Å². The molecule has 2 heterocycles. The third-order valence-corrected chi connectivity index (χ3v) is 4.63. The van der Waals surface area contributed by atoms with Gasteiger partial charge in [-0.05, 0) is 24.1 Å². The zero-order valence-corrected chi connectivity index (χ0v) is 16.5. The fourth-order valence-corrected chi connectivity index (χ4v) is 3.30. The van der Waals surface area contributed by atoms with Crippen LogP contribution >= 0.6 is 0 Å². The monoisotopic (exact) mass is 393 g/mol. The molecule has 1 aliphatic rings. The highest BCUT2D eigenvalue weighted by atomic mass is 16.5. The van der Waals surface area contributed by atoms with Crippen molar-refractivity contribution in [1.29, 1.82) is 0 Å². The zero-order chi connectivity index (χ0) is 20.4. The molecule has 2 aromatic carbocycles. The number of aromatic nitrogens is 2. The molecule has 0 radical (unpaired) electrons. The summed E-state index contributed by atoms with van der Waals surface area (Å²) in [4.78, 5) is 25.8. The molecule has 7 nitrogen and oxygen atoms in total. The van der Waals surface area contributed by atoms with E-state index in [0.717, 1.165) is 6.42 Å². The maximum absolute atomic E-state index is 13.1. The van der Waals surface area contributed by atoms with E-state index in [1.54, 1.807) is 42.5 Å². The van der Waals surface area contributed by atoms with Gasteiger partial charge in [0.05, 0.1) is 18.6 Å². The molecule has 1 aromatic heterocycles. The van der Waals surface area contributed by atoms with Crippen molar-refractivity contribution in [3.8, 4) is 11.5 Å². The summed E-state index contributed by atoms with van der Waals surface area (Å²) >= 11 is 0. The normalized spacial score (nSPS) is 13.3. The largest absolute Gasteiger partial charge is 0.490 e. The van der Waals surface area contributed by atoms with Gasteiger partial charge in [0.25, 0.3) is 11.5 Å². The van der Waals surface area contributed by atoms with Crippen molar-refractivity contribution < 1.29 is 14.3 Å². The van der Waals surface area contributed by atoms with E-state index in [0.29, 0.717) is 47.7 Å². The molecular weight excluding hydrogens is 370 g/mol. The summed E-state index contributed by atoms with van der Waals surface area (Å²) < 4.78 is 12.7. The van der Waals surface area contributed by atoms with E-state index < -0.39 is 0 Å². The summed E-state index contributed by atoms with van der Waals surface area (Å²) in [6, 6.07) is 12.3. The molecule has 1 aliphatic heterocycles. The van der Waals surface area contributed by atoms with Crippen LogP contribution in [0.1, 0.15) is 30.8 Å². The van der Waals surface area contributed by atoms with Crippen molar-refractivity contribution in [3.63, 3.8) is 0 Å². The van der Waals surface area contributed by atoms with Crippen LogP contribution in [0.3, 0.4) is 0 Å². The first-order chi connectivity index (χ1) is 14.0. The summed E-state index contributed by atoms with van der Waals surface area (Å²) in [5, 5.41) is 8.25. The lowest BCUT2D eigenvalue weighted by atomic mass is 10.1. The average molecular weight is 393 g/mol. The Morgan fingerprint density at radius 1 is 1.10 bits per heavy atom. The van der Waals surface area contributed by atoms with Crippen LogP contribution in [0.25, 0.3) is 10.8 Å². The molecule has 0 aliphatic carbocycles. The van der Waals surface area contributed by atoms with Gasteiger partial charge < -0.3 is 14.8 Å². The number of amides is 1. The fraction of sp³-hybridized carbons (Fsp3) is 0.318. The molecule has 0 unspecified atom stereocenters. The SMILES string of the molecule is CC(C)Cn1nc(C(=O)Nc2ccc3c(c2)OCCCO3)c2ccccc2c1=O. The number of rotatable bonds is 4. The highest BCUT2D eigenvalue weighted by Gasteiger charge is 2.18. The third-order valence-electron chi connectivity index (χ3n) is 4.63. The number of fused-ring (bicyclic) bond motifs is 2. The van der Waals surface area contributed by atoms with Crippen molar-refractivity contribution in [2.45, 2.75) is 26.8 Å². The number of anilines is 1. The lowest BCUT2D eigenvalue weighted by Gasteiger charge is -2.13. The molecule has 1 amide bonds. The maximum atomic E-state index is 13.1. The molecule has 3 aromatic rings. The molecule has 150 valence electrons. The Morgan fingerprint density at radius 2 is 1.83 bits per heavy atom. The van der Waals surface area contributed by atoms with Gasteiger partial charge in [0.1, 0.15) is 0 Å². The summed E-state index contributed by atoms with van der Waals surface area (Å²) in [5.74, 6) is 1.10. The highest BCUT2D eigenvalue weighted by Crippen LogP contribution is 2.32. The van der Waals surface area contributed by atoms with E-state index >= 15 is 0 Å². The van der Waals surface area contributed by atoms with Crippen molar-refractivity contribution in [2.75, 3.05) is 18.5 Å². The summed E-state index contributed by atoms with van der Waals surface area (Å²) in [7, 11) is 0. The lowest BCUT2D eigenvalue weighted by Crippen LogP contribution is -2.29. The second-order valence-corrected chi connectivity index (χ2v) is 7.44. The predicted octanol–water partition coefficient (Wildman–Crippen LogP) is 3.47. The highest BCUT2D eigenvalue weighted by molar-refractivity contribution is 6.11. The standard InChI is InChI=1S/C22H23N3O4/c1-14(2)13-25-22(27)17-7-4-3-6-16(17)20(24-25)21(26)23-15-8-9-18-19(12-15)29-11-5-10-28-18/h3-4,6-9,12,14H,5,10-11,13H2,1-2H3,(H,23,26). The van der Waals surface area contributed by atoms with Crippen molar-refractivity contribution >= 4 is 22.4 Å². The molecule has 0 fully saturated rings. The van der Waals surface area contributed by atoms with E-state index in [9.17, 15) is 9.59 Å². The Bertz CT molecular complexity index is 1120. The van der Waals surface area contributed by atoms with Gasteiger partial charge >= 0.3 is 0 Å². The average Bonchev–Trinajstić information content (AvgIpc) is 2.95. The minimum absolute atomic E-state index is 0.193. The molecule has 29 heavy (non-hydrogen) atoms. The topological polar surface area (TPSA) is 82.5 Å². The lowest BCUT2D eigenvalue weighted by molar-refractivity contribution is 0.102. The first kappa shape index (κ1) is 19.0. The first-order valence-corrected chi connectivity index (χ1v) is 9.74. The second kappa shape index (κ2) is 7.95. The quantitative estimate of drug-likeness (QED) is 0.734. The van der Waals surface area contributed by atoms with Gasteiger partial charge in [0.15, 0.2) is 17.2 Å². The van der Waals surface area contributed by atoms with Crippen LogP contribution in [0.4, 0.5) is 5.69 Å². The van der Waals surface area contributed by atoms with Crippen LogP contribution < -0.4 is 20.3 Å². The number of nitrogens with zero attached hydrogens (tertiary/aromatic N) is 2. The fourth-order valence-electron chi connectivity index (χ4n) is 3.30. The number of hydrogen-bond acceptors (Lipinski definition) is 5. The van der Waals surface area contributed by atoms with Gasteiger partial charge in [-0.1, -0.05) is 32.0 Å². The van der Waals surface area contributed by atoms with Gasteiger partial charge in [-0.25, -0.2) is 4.68 Å². The Hall–Kier alpha value is -3.35. The number of nitrogens with one attached hydrogen (secondary N) is 1. The van der Waals surface area contributed by atoms with Gasteiger partial charge in [-0.2, -0.15) is 5.10 Å². The number of carbonyl (C=O) groups is 1. The third kappa shape index (κ3) is 3.94. The number of ether oxygens (including phenoxy) is 2. The summed E-state index contributed by atoms with van der Waals surface area (Å²) in [6.07, 6.45) is 0.809. The van der Waals surface area contributed by atoms with E-state index in [1.807, 2.05) is 13.8 Å². The minimum Gasteiger partial charge on any atom is -0.490 e. The minimum atomic E-state index is -0.381. The second-order valence-electron chi connectivity index (χ2n) is 7.44. The van der Waals surface area contributed by atoms with E-state index in [-0.39, 0.29) is 23.1 Å². The maximum Gasteiger partial charge on any atom is 0.276 e. The molecule has 0 saturated heterocycles. The predicted molar refractivity (Wildman–Crippen MR) is 111 cm³/mol. The molecule has 4 rings (SSSR count). The van der Waals surface area contributed by atoms with Crippen LogP contribution in [0, 0.1) is 5.92 Å². The molecule has 7 heteroatoms. The van der Waals surface area contributed by atoms with Gasteiger partial charge in [0, 0.05) is 30.1 Å². The Kier molecular flexibility index (Phi) is 5.20. The molecule has 0 spiro atoms. The van der Waals surface area contributed by atoms with E-state index in [1.165, 1.54) is 4.68 Å². The zero-order valence-electron chi connectivity index (χ0n) is 16.5. The van der Waals surface area contributed by atoms with Gasteiger partial charge in [-0.15, -0.1) is 0 Å². The van der Waals surface area contributed by atoms with Gasteiger partial charge in [0.2, 0.25) is 0 Å². The molecule has 0 bridgehead atoms. The van der Waals surface area contributed by atoms with Crippen molar-refractivity contribution in [3.05, 3.63) is 58.5 Å². The van der Waals surface area contributed by atoms with Crippen LogP contribution in [-0.4, -0.2) is 28.9 Å². The number of hydrogen-bond donors (Lipinski definition) is 1. The molecule has 0 saturated carbocycles. The summed E-state index contributed by atoms with van der Waals surface area (Å²) in [6.45, 7) is 5.61. The summed E-state index contributed by atoms with van der Waals surface area (Å²) in [5.41, 5.74) is 0.598. The van der Waals surface area contributed by atoms with E-state index in [2.05, 4.69) is 10.4 Å². The van der Waals surface area contributed by atoms with E-state index in [4.69, 9.17) is 9.47 Å². The number of benzene rings is 2.